The number of hydrogen-bond acceptors (Lipinski definition) is 4. The van der Waals surface area contributed by atoms with Crippen molar-refractivity contribution in [1.82, 2.24) is 5.32 Å². The highest BCUT2D eigenvalue weighted by atomic mass is 35.5. The molecule has 2 heterocycles. The average molecular weight is 384 g/mol. The summed E-state index contributed by atoms with van der Waals surface area (Å²) in [5.74, 6) is 0.941. The van der Waals surface area contributed by atoms with Crippen molar-refractivity contribution in [2.45, 2.75) is 22.8 Å². The number of sulfone groups is 1. The molecule has 0 bridgehead atoms. The molecule has 7 heteroatoms. The third-order valence-electron chi connectivity index (χ3n) is 4.09. The van der Waals surface area contributed by atoms with Crippen molar-refractivity contribution in [1.29, 1.82) is 0 Å². The molecular formula is C17H15Cl2NO3S. The zero-order valence-electron chi connectivity index (χ0n) is 12.6. The predicted octanol–water partition coefficient (Wildman–Crippen LogP) is 3.99. The van der Waals surface area contributed by atoms with Gasteiger partial charge in [0.05, 0.1) is 9.79 Å². The summed E-state index contributed by atoms with van der Waals surface area (Å²) in [5.41, 5.74) is 1.78. The normalized spacial score (nSPS) is 14.2. The Bertz CT molecular complexity index is 1010. The molecule has 0 aliphatic carbocycles. The first-order valence-electron chi connectivity index (χ1n) is 7.31. The van der Waals surface area contributed by atoms with Crippen molar-refractivity contribution in [3.05, 3.63) is 58.8 Å². The Morgan fingerprint density at radius 2 is 1.88 bits per heavy atom. The van der Waals surface area contributed by atoms with Crippen LogP contribution < -0.4 is 5.32 Å². The van der Waals surface area contributed by atoms with Gasteiger partial charge in [-0.3, -0.25) is 0 Å². The summed E-state index contributed by atoms with van der Waals surface area (Å²) in [6.45, 7) is 1.57. The molecule has 0 saturated heterocycles. The monoisotopic (exact) mass is 383 g/mol. The standard InChI is InChI=1S/C17H14ClNO3S.ClH/c18-11-2-1-3-12(8-11)23(20,21)13-4-5-16-14(9-13)15-10-19-7-6-17(15)22-16;/h1-5,8-9,19H,6-7,10H2;1H. The van der Waals surface area contributed by atoms with Crippen LogP contribution in [0.15, 0.2) is 56.7 Å². The second-order valence-corrected chi connectivity index (χ2v) is 7.94. The first-order valence-corrected chi connectivity index (χ1v) is 9.17. The van der Waals surface area contributed by atoms with E-state index < -0.39 is 9.84 Å². The molecule has 24 heavy (non-hydrogen) atoms. The highest BCUT2D eigenvalue weighted by molar-refractivity contribution is 7.91. The predicted molar refractivity (Wildman–Crippen MR) is 95.8 cm³/mol. The molecule has 126 valence electrons. The number of benzene rings is 2. The Morgan fingerprint density at radius 1 is 1.08 bits per heavy atom. The Morgan fingerprint density at radius 3 is 2.67 bits per heavy atom. The summed E-state index contributed by atoms with van der Waals surface area (Å²) < 4.78 is 31.5. The van der Waals surface area contributed by atoms with E-state index in [9.17, 15) is 8.42 Å². The van der Waals surface area contributed by atoms with Crippen LogP contribution in [0.2, 0.25) is 5.02 Å². The van der Waals surface area contributed by atoms with Crippen molar-refractivity contribution in [2.24, 2.45) is 0 Å². The van der Waals surface area contributed by atoms with Crippen LogP contribution in [0.5, 0.6) is 0 Å². The maximum Gasteiger partial charge on any atom is 0.206 e. The highest BCUT2D eigenvalue weighted by Gasteiger charge is 2.22. The molecule has 0 atom stereocenters. The second kappa shape index (κ2) is 6.41. The Balaban J connectivity index is 0.00000169. The lowest BCUT2D eigenvalue weighted by Crippen LogP contribution is -2.22. The molecule has 1 aromatic heterocycles. The van der Waals surface area contributed by atoms with Gasteiger partial charge in [0, 0.05) is 35.5 Å². The molecule has 4 nitrogen and oxygen atoms in total. The third-order valence-corrected chi connectivity index (χ3v) is 6.08. The lowest BCUT2D eigenvalue weighted by Gasteiger charge is -2.11. The van der Waals surface area contributed by atoms with E-state index in [1.807, 2.05) is 0 Å². The molecule has 2 aromatic carbocycles. The number of rotatable bonds is 2. The van der Waals surface area contributed by atoms with Crippen molar-refractivity contribution in [3.8, 4) is 0 Å². The van der Waals surface area contributed by atoms with E-state index in [2.05, 4.69) is 5.32 Å². The van der Waals surface area contributed by atoms with E-state index >= 15 is 0 Å². The fourth-order valence-corrected chi connectivity index (χ4v) is 4.51. The molecular weight excluding hydrogens is 369 g/mol. The first kappa shape index (κ1) is 17.3. The van der Waals surface area contributed by atoms with Gasteiger partial charge in [-0.25, -0.2) is 8.42 Å². The molecule has 1 aliphatic heterocycles. The van der Waals surface area contributed by atoms with Crippen LogP contribution in [0.25, 0.3) is 11.0 Å². The Kier molecular flexibility index (Phi) is 4.62. The number of nitrogens with one attached hydrogen (secondary N) is 1. The SMILES string of the molecule is Cl.O=S(=O)(c1cccc(Cl)c1)c1ccc2oc3c(c2c1)CNCC3. The lowest BCUT2D eigenvalue weighted by molar-refractivity contribution is 0.500. The van der Waals surface area contributed by atoms with Crippen LogP contribution in [-0.2, 0) is 22.8 Å². The summed E-state index contributed by atoms with van der Waals surface area (Å²) in [6.07, 6.45) is 0.820. The highest BCUT2D eigenvalue weighted by Crippen LogP contribution is 2.32. The van der Waals surface area contributed by atoms with E-state index in [0.717, 1.165) is 35.3 Å². The van der Waals surface area contributed by atoms with Gasteiger partial charge in [-0.2, -0.15) is 0 Å². The van der Waals surface area contributed by atoms with Gasteiger partial charge in [-0.1, -0.05) is 17.7 Å². The molecule has 0 amide bonds. The van der Waals surface area contributed by atoms with Gasteiger partial charge >= 0.3 is 0 Å². The van der Waals surface area contributed by atoms with Crippen molar-refractivity contribution >= 4 is 44.8 Å². The number of fused-ring (bicyclic) bond motifs is 3. The van der Waals surface area contributed by atoms with Gasteiger partial charge in [-0.05, 0) is 36.4 Å². The fourth-order valence-electron chi connectivity index (χ4n) is 2.93. The summed E-state index contributed by atoms with van der Waals surface area (Å²) >= 11 is 5.92. The van der Waals surface area contributed by atoms with Gasteiger partial charge in [0.25, 0.3) is 0 Å². The molecule has 1 aliphatic rings. The number of halogens is 2. The molecule has 3 aromatic rings. The van der Waals surface area contributed by atoms with Gasteiger partial charge in [0.15, 0.2) is 0 Å². The number of hydrogen-bond donors (Lipinski definition) is 1. The van der Waals surface area contributed by atoms with E-state index in [0.29, 0.717) is 11.6 Å². The molecule has 0 radical (unpaired) electrons. The molecule has 0 spiro atoms. The smallest absolute Gasteiger partial charge is 0.206 e. The summed E-state index contributed by atoms with van der Waals surface area (Å²) in [4.78, 5) is 0.446. The molecule has 0 saturated carbocycles. The summed E-state index contributed by atoms with van der Waals surface area (Å²) in [7, 11) is -3.60. The van der Waals surface area contributed by atoms with E-state index in [4.69, 9.17) is 16.0 Å². The minimum atomic E-state index is -3.60. The zero-order chi connectivity index (χ0) is 16.0. The van der Waals surface area contributed by atoms with E-state index in [1.54, 1.807) is 36.4 Å². The first-order chi connectivity index (χ1) is 11.1. The Hall–Kier alpha value is -1.53. The van der Waals surface area contributed by atoms with E-state index in [1.165, 1.54) is 6.07 Å². The van der Waals surface area contributed by atoms with Gasteiger partial charge in [0.2, 0.25) is 9.84 Å². The maximum atomic E-state index is 12.8. The van der Waals surface area contributed by atoms with Crippen LogP contribution in [0.3, 0.4) is 0 Å². The van der Waals surface area contributed by atoms with Gasteiger partial charge in [0.1, 0.15) is 11.3 Å². The second-order valence-electron chi connectivity index (χ2n) is 5.55. The van der Waals surface area contributed by atoms with Crippen LogP contribution in [0.1, 0.15) is 11.3 Å². The summed E-state index contributed by atoms with van der Waals surface area (Å²) in [6, 6.07) is 11.3. The van der Waals surface area contributed by atoms with Crippen molar-refractivity contribution < 1.29 is 12.8 Å². The van der Waals surface area contributed by atoms with Crippen LogP contribution in [-0.4, -0.2) is 15.0 Å². The largest absolute Gasteiger partial charge is 0.461 e. The fraction of sp³-hybridized carbons (Fsp3) is 0.176. The zero-order valence-corrected chi connectivity index (χ0v) is 15.0. The van der Waals surface area contributed by atoms with Crippen LogP contribution in [0, 0.1) is 0 Å². The topological polar surface area (TPSA) is 59.3 Å². The lowest BCUT2D eigenvalue weighted by atomic mass is 10.1. The molecule has 0 fully saturated rings. The minimum Gasteiger partial charge on any atom is -0.461 e. The average Bonchev–Trinajstić information content (AvgIpc) is 2.92. The van der Waals surface area contributed by atoms with Crippen molar-refractivity contribution in [2.75, 3.05) is 6.54 Å². The number of furan rings is 1. The molecule has 0 unspecified atom stereocenters. The van der Waals surface area contributed by atoms with Crippen LogP contribution in [0.4, 0.5) is 0 Å². The molecule has 4 rings (SSSR count). The van der Waals surface area contributed by atoms with E-state index in [-0.39, 0.29) is 22.2 Å². The van der Waals surface area contributed by atoms with Gasteiger partial charge in [-0.15, -0.1) is 12.4 Å². The van der Waals surface area contributed by atoms with Gasteiger partial charge < -0.3 is 9.73 Å². The third kappa shape index (κ3) is 2.82. The van der Waals surface area contributed by atoms with Crippen molar-refractivity contribution in [3.63, 3.8) is 0 Å². The Labute approximate surface area is 151 Å². The molecule has 1 N–H and O–H groups in total. The maximum absolute atomic E-state index is 12.8. The minimum absolute atomic E-state index is 0. The quantitative estimate of drug-likeness (QED) is 0.726. The van der Waals surface area contributed by atoms with Crippen LogP contribution >= 0.6 is 24.0 Å². The summed E-state index contributed by atoms with van der Waals surface area (Å²) in [5, 5.41) is 4.55.